The molecule has 0 saturated carbocycles. The van der Waals surface area contributed by atoms with Gasteiger partial charge in [0, 0.05) is 19.2 Å². The van der Waals surface area contributed by atoms with E-state index in [1.165, 1.54) is 6.07 Å². The third-order valence-corrected chi connectivity index (χ3v) is 4.20. The predicted octanol–water partition coefficient (Wildman–Crippen LogP) is 2.83. The van der Waals surface area contributed by atoms with Crippen LogP contribution in [0.25, 0.3) is 11.0 Å². The van der Waals surface area contributed by atoms with Crippen molar-refractivity contribution in [1.29, 1.82) is 0 Å². The first-order chi connectivity index (χ1) is 11.5. The Kier molecular flexibility index (Phi) is 4.42. The maximum absolute atomic E-state index is 12.5. The van der Waals surface area contributed by atoms with E-state index in [0.717, 1.165) is 16.5 Å². The van der Waals surface area contributed by atoms with E-state index in [9.17, 15) is 9.59 Å². The van der Waals surface area contributed by atoms with Gasteiger partial charge in [-0.2, -0.15) is 0 Å². The zero-order valence-corrected chi connectivity index (χ0v) is 14.2. The molecular weight excluding hydrogens is 306 g/mol. The van der Waals surface area contributed by atoms with Crippen molar-refractivity contribution in [2.45, 2.75) is 33.3 Å². The summed E-state index contributed by atoms with van der Waals surface area (Å²) in [5.74, 6) is 0.531. The van der Waals surface area contributed by atoms with Crippen molar-refractivity contribution in [2.24, 2.45) is 0 Å². The van der Waals surface area contributed by atoms with E-state index in [4.69, 9.17) is 9.15 Å². The second-order valence-corrected chi connectivity index (χ2v) is 6.06. The number of hydrogen-bond acceptors (Lipinski definition) is 4. The first kappa shape index (κ1) is 16.3. The number of carbonyl (C=O) groups excluding carboxylic acids is 1. The van der Waals surface area contributed by atoms with E-state index in [1.54, 1.807) is 11.8 Å². The summed E-state index contributed by atoms with van der Waals surface area (Å²) in [7, 11) is 0. The lowest BCUT2D eigenvalue weighted by Crippen LogP contribution is -2.39. The molecule has 1 aliphatic heterocycles. The van der Waals surface area contributed by atoms with Gasteiger partial charge in [0.1, 0.15) is 11.3 Å². The Bertz CT molecular complexity index is 858. The molecule has 0 aliphatic carbocycles. The lowest BCUT2D eigenvalue weighted by Gasteiger charge is -2.22. The molecule has 0 N–H and O–H groups in total. The second-order valence-electron chi connectivity index (χ2n) is 6.06. The highest BCUT2D eigenvalue weighted by molar-refractivity contribution is 5.88. The summed E-state index contributed by atoms with van der Waals surface area (Å²) in [6.45, 7) is 6.87. The summed E-state index contributed by atoms with van der Waals surface area (Å²) in [5, 5.41) is 0.766. The largest absolute Gasteiger partial charge is 0.480 e. The number of rotatable bonds is 4. The molecule has 2 aromatic rings. The minimum atomic E-state index is -0.605. The molecule has 1 aromatic carbocycles. The molecule has 1 aromatic heterocycles. The molecular formula is C19H21NO4. The zero-order chi connectivity index (χ0) is 17.3. The number of fused-ring (bicyclic) bond motifs is 1. The Morgan fingerprint density at radius 3 is 2.67 bits per heavy atom. The molecule has 0 bridgehead atoms. The van der Waals surface area contributed by atoms with Crippen molar-refractivity contribution in [3.63, 3.8) is 0 Å². The van der Waals surface area contributed by atoms with E-state index >= 15 is 0 Å². The molecule has 0 fully saturated rings. The molecule has 1 unspecified atom stereocenters. The Morgan fingerprint density at radius 1 is 1.29 bits per heavy atom. The SMILES string of the molecule is CCc1cc(=O)oc2cc(C)cc(OC(C)C(=O)N3CC=CC3)c12. The summed E-state index contributed by atoms with van der Waals surface area (Å²) in [4.78, 5) is 25.9. The first-order valence-electron chi connectivity index (χ1n) is 8.17. The minimum absolute atomic E-state index is 0.0508. The fraction of sp³-hybridized carbons (Fsp3) is 0.368. The fourth-order valence-electron chi connectivity index (χ4n) is 3.00. The van der Waals surface area contributed by atoms with E-state index in [1.807, 2.05) is 38.1 Å². The summed E-state index contributed by atoms with van der Waals surface area (Å²) in [5.41, 5.74) is 1.90. The Balaban J connectivity index is 1.99. The van der Waals surface area contributed by atoms with Gasteiger partial charge in [-0.3, -0.25) is 4.79 Å². The van der Waals surface area contributed by atoms with Crippen LogP contribution in [0, 0.1) is 6.92 Å². The lowest BCUT2D eigenvalue weighted by molar-refractivity contribution is -0.136. The van der Waals surface area contributed by atoms with E-state index in [-0.39, 0.29) is 11.5 Å². The topological polar surface area (TPSA) is 59.8 Å². The van der Waals surface area contributed by atoms with Gasteiger partial charge in [-0.05, 0) is 43.5 Å². The van der Waals surface area contributed by atoms with Crippen molar-refractivity contribution in [3.05, 3.63) is 51.9 Å². The van der Waals surface area contributed by atoms with Crippen molar-refractivity contribution in [2.75, 3.05) is 13.1 Å². The van der Waals surface area contributed by atoms with Gasteiger partial charge in [0.15, 0.2) is 6.10 Å². The first-order valence-corrected chi connectivity index (χ1v) is 8.17. The average molecular weight is 327 g/mol. The zero-order valence-electron chi connectivity index (χ0n) is 14.2. The van der Waals surface area contributed by atoms with Crippen molar-refractivity contribution >= 4 is 16.9 Å². The van der Waals surface area contributed by atoms with Crippen molar-refractivity contribution in [3.8, 4) is 5.75 Å². The average Bonchev–Trinajstić information content (AvgIpc) is 3.06. The monoisotopic (exact) mass is 327 g/mol. The maximum Gasteiger partial charge on any atom is 0.336 e. The Hall–Kier alpha value is -2.56. The highest BCUT2D eigenvalue weighted by Gasteiger charge is 2.24. The number of hydrogen-bond donors (Lipinski definition) is 0. The summed E-state index contributed by atoms with van der Waals surface area (Å²) in [6, 6.07) is 5.19. The highest BCUT2D eigenvalue weighted by Crippen LogP contribution is 2.31. The molecule has 0 spiro atoms. The molecule has 1 aliphatic rings. The van der Waals surface area contributed by atoms with E-state index in [0.29, 0.717) is 30.8 Å². The van der Waals surface area contributed by atoms with Crippen LogP contribution in [-0.4, -0.2) is 30.0 Å². The third kappa shape index (κ3) is 3.07. The van der Waals surface area contributed by atoms with Crippen LogP contribution in [-0.2, 0) is 11.2 Å². The van der Waals surface area contributed by atoms with Crippen LogP contribution in [0.5, 0.6) is 5.75 Å². The normalized spacial score (nSPS) is 15.0. The van der Waals surface area contributed by atoms with Gasteiger partial charge in [-0.25, -0.2) is 4.79 Å². The number of benzene rings is 1. The number of ether oxygens (including phenoxy) is 1. The van der Waals surface area contributed by atoms with Crippen molar-refractivity contribution < 1.29 is 13.9 Å². The highest BCUT2D eigenvalue weighted by atomic mass is 16.5. The van der Waals surface area contributed by atoms with Crippen LogP contribution in [0.3, 0.4) is 0 Å². The molecule has 0 radical (unpaired) electrons. The summed E-state index contributed by atoms with van der Waals surface area (Å²) >= 11 is 0. The molecule has 5 nitrogen and oxygen atoms in total. The van der Waals surface area contributed by atoms with E-state index < -0.39 is 6.10 Å². The maximum atomic E-state index is 12.5. The number of amides is 1. The number of nitrogens with zero attached hydrogens (tertiary/aromatic N) is 1. The van der Waals surface area contributed by atoms with Gasteiger partial charge < -0.3 is 14.1 Å². The molecule has 1 amide bonds. The summed E-state index contributed by atoms with van der Waals surface area (Å²) < 4.78 is 11.3. The molecule has 2 heterocycles. The van der Waals surface area contributed by atoms with Gasteiger partial charge in [-0.1, -0.05) is 19.1 Å². The standard InChI is InChI=1S/C19H21NO4/c1-4-14-11-17(21)24-16-10-12(2)9-15(18(14)16)23-13(3)19(22)20-7-5-6-8-20/h5-6,9-11,13H,4,7-8H2,1-3H3. The van der Waals surface area contributed by atoms with Crippen molar-refractivity contribution in [1.82, 2.24) is 4.90 Å². The van der Waals surface area contributed by atoms with Gasteiger partial charge in [0.2, 0.25) is 0 Å². The molecule has 5 heteroatoms. The fourth-order valence-corrected chi connectivity index (χ4v) is 3.00. The van der Waals surface area contributed by atoms with Gasteiger partial charge in [0.25, 0.3) is 5.91 Å². The minimum Gasteiger partial charge on any atom is -0.480 e. The van der Waals surface area contributed by atoms with Gasteiger partial charge >= 0.3 is 5.63 Å². The lowest BCUT2D eigenvalue weighted by atomic mass is 10.0. The van der Waals surface area contributed by atoms with Crippen LogP contribution < -0.4 is 10.4 Å². The molecule has 3 rings (SSSR count). The third-order valence-electron chi connectivity index (χ3n) is 4.20. The van der Waals surface area contributed by atoms with Gasteiger partial charge in [-0.15, -0.1) is 0 Å². The van der Waals surface area contributed by atoms with Crippen LogP contribution in [0.15, 0.2) is 39.6 Å². The van der Waals surface area contributed by atoms with Crippen LogP contribution >= 0.6 is 0 Å². The van der Waals surface area contributed by atoms with Crippen LogP contribution in [0.1, 0.15) is 25.0 Å². The smallest absolute Gasteiger partial charge is 0.336 e. The van der Waals surface area contributed by atoms with Crippen LogP contribution in [0.2, 0.25) is 0 Å². The predicted molar refractivity (Wildman–Crippen MR) is 92.4 cm³/mol. The Morgan fingerprint density at radius 2 is 2.00 bits per heavy atom. The molecule has 0 saturated heterocycles. The number of aryl methyl sites for hydroxylation is 2. The van der Waals surface area contributed by atoms with Crippen LogP contribution in [0.4, 0.5) is 0 Å². The number of carbonyl (C=O) groups is 1. The quantitative estimate of drug-likeness (QED) is 0.640. The second kappa shape index (κ2) is 6.51. The van der Waals surface area contributed by atoms with Gasteiger partial charge in [0.05, 0.1) is 5.39 Å². The Labute approximate surface area is 140 Å². The van der Waals surface area contributed by atoms with E-state index in [2.05, 4.69) is 0 Å². The summed E-state index contributed by atoms with van der Waals surface area (Å²) in [6.07, 6.45) is 4.01. The molecule has 1 atom stereocenters. The molecule has 24 heavy (non-hydrogen) atoms. The molecule has 126 valence electrons.